The number of carboxylic acids is 1. The molecule has 0 unspecified atom stereocenters. The first-order chi connectivity index (χ1) is 8.08. The minimum Gasteiger partial charge on any atom is -0.481 e. The van der Waals surface area contributed by atoms with E-state index in [9.17, 15) is 9.59 Å². The van der Waals surface area contributed by atoms with Gasteiger partial charge in [-0.05, 0) is 38.5 Å². The Morgan fingerprint density at radius 2 is 1.71 bits per heavy atom. The fourth-order valence-electron chi connectivity index (χ4n) is 2.38. The maximum atomic E-state index is 11.8. The number of aliphatic carboxylic acids is 1. The number of carboxylic acid groups (broad SMARTS) is 1. The van der Waals surface area contributed by atoms with Crippen LogP contribution in [0.5, 0.6) is 0 Å². The van der Waals surface area contributed by atoms with E-state index in [0.717, 1.165) is 25.7 Å². The van der Waals surface area contributed by atoms with Gasteiger partial charge in [0.25, 0.3) is 0 Å². The SMILES string of the molecule is CN(C(=O)NC1CC1)C1CCC(C(=O)O)CC1. The Balaban J connectivity index is 1.78. The predicted octanol–water partition coefficient (Wildman–Crippen LogP) is 1.43. The van der Waals surface area contributed by atoms with Crippen LogP contribution in [-0.4, -0.2) is 41.1 Å². The van der Waals surface area contributed by atoms with Gasteiger partial charge < -0.3 is 15.3 Å². The summed E-state index contributed by atoms with van der Waals surface area (Å²) in [5.41, 5.74) is 0. The molecule has 0 aliphatic heterocycles. The maximum Gasteiger partial charge on any atom is 0.317 e. The number of nitrogens with one attached hydrogen (secondary N) is 1. The molecule has 5 nitrogen and oxygen atoms in total. The zero-order valence-corrected chi connectivity index (χ0v) is 10.2. The second-order valence-corrected chi connectivity index (χ2v) is 5.18. The van der Waals surface area contributed by atoms with E-state index in [1.807, 2.05) is 7.05 Å². The quantitative estimate of drug-likeness (QED) is 0.784. The van der Waals surface area contributed by atoms with Gasteiger partial charge in [0.05, 0.1) is 5.92 Å². The zero-order chi connectivity index (χ0) is 12.4. The molecule has 17 heavy (non-hydrogen) atoms. The second kappa shape index (κ2) is 4.94. The van der Waals surface area contributed by atoms with E-state index in [1.165, 1.54) is 0 Å². The molecule has 2 saturated carbocycles. The third kappa shape index (κ3) is 3.11. The molecule has 2 aliphatic carbocycles. The Kier molecular flexibility index (Phi) is 3.54. The van der Waals surface area contributed by atoms with Gasteiger partial charge in [-0.2, -0.15) is 0 Å². The second-order valence-electron chi connectivity index (χ2n) is 5.18. The van der Waals surface area contributed by atoms with Crippen molar-refractivity contribution < 1.29 is 14.7 Å². The lowest BCUT2D eigenvalue weighted by atomic mass is 9.85. The standard InChI is InChI=1S/C12H20N2O3/c1-14(12(17)13-9-4-5-9)10-6-2-8(3-7-10)11(15)16/h8-10H,2-7H2,1H3,(H,13,17)(H,15,16). The largest absolute Gasteiger partial charge is 0.481 e. The third-order valence-electron chi connectivity index (χ3n) is 3.82. The monoisotopic (exact) mass is 240 g/mol. The van der Waals surface area contributed by atoms with Crippen LogP contribution in [-0.2, 0) is 4.79 Å². The van der Waals surface area contributed by atoms with Crippen molar-refractivity contribution in [2.24, 2.45) is 5.92 Å². The number of urea groups is 1. The van der Waals surface area contributed by atoms with Crippen molar-refractivity contribution in [2.45, 2.75) is 50.6 Å². The van der Waals surface area contributed by atoms with E-state index >= 15 is 0 Å². The lowest BCUT2D eigenvalue weighted by molar-refractivity contribution is -0.143. The topological polar surface area (TPSA) is 69.6 Å². The summed E-state index contributed by atoms with van der Waals surface area (Å²) in [6.07, 6.45) is 5.13. The Hall–Kier alpha value is -1.26. The predicted molar refractivity (Wildman–Crippen MR) is 62.7 cm³/mol. The van der Waals surface area contributed by atoms with Gasteiger partial charge in [-0.3, -0.25) is 4.79 Å². The van der Waals surface area contributed by atoms with Crippen LogP contribution in [0.4, 0.5) is 4.79 Å². The molecule has 2 N–H and O–H groups in total. The van der Waals surface area contributed by atoms with E-state index in [0.29, 0.717) is 18.9 Å². The lowest BCUT2D eigenvalue weighted by Crippen LogP contribution is -2.46. The molecule has 0 spiro atoms. The van der Waals surface area contributed by atoms with E-state index in [-0.39, 0.29) is 18.0 Å². The first-order valence-corrected chi connectivity index (χ1v) is 6.34. The summed E-state index contributed by atoms with van der Waals surface area (Å²) >= 11 is 0. The van der Waals surface area contributed by atoms with Crippen molar-refractivity contribution in [3.8, 4) is 0 Å². The number of rotatable bonds is 3. The molecule has 0 aromatic rings. The van der Waals surface area contributed by atoms with Crippen molar-refractivity contribution in [1.29, 1.82) is 0 Å². The number of hydrogen-bond acceptors (Lipinski definition) is 2. The highest BCUT2D eigenvalue weighted by atomic mass is 16.4. The number of carbonyl (C=O) groups excluding carboxylic acids is 1. The van der Waals surface area contributed by atoms with Gasteiger partial charge in [0, 0.05) is 19.1 Å². The van der Waals surface area contributed by atoms with Gasteiger partial charge >= 0.3 is 12.0 Å². The Labute approximate surface area is 101 Å². The van der Waals surface area contributed by atoms with Crippen molar-refractivity contribution in [3.63, 3.8) is 0 Å². The lowest BCUT2D eigenvalue weighted by Gasteiger charge is -2.33. The molecule has 0 aromatic carbocycles. The third-order valence-corrected chi connectivity index (χ3v) is 3.82. The number of nitrogens with zero attached hydrogens (tertiary/aromatic N) is 1. The highest BCUT2D eigenvalue weighted by Crippen LogP contribution is 2.27. The zero-order valence-electron chi connectivity index (χ0n) is 10.2. The molecule has 0 aromatic heterocycles. The van der Waals surface area contributed by atoms with Gasteiger partial charge in [-0.1, -0.05) is 0 Å². The van der Waals surface area contributed by atoms with Crippen LogP contribution in [0.15, 0.2) is 0 Å². The fourth-order valence-corrected chi connectivity index (χ4v) is 2.38. The van der Waals surface area contributed by atoms with E-state index in [1.54, 1.807) is 4.90 Å². The Morgan fingerprint density at radius 1 is 1.12 bits per heavy atom. The van der Waals surface area contributed by atoms with Gasteiger partial charge in [-0.25, -0.2) is 4.79 Å². The normalized spacial score (nSPS) is 28.5. The molecule has 0 bridgehead atoms. The molecule has 2 fully saturated rings. The van der Waals surface area contributed by atoms with Crippen LogP contribution < -0.4 is 5.32 Å². The van der Waals surface area contributed by atoms with Crippen molar-refractivity contribution in [3.05, 3.63) is 0 Å². The fraction of sp³-hybridized carbons (Fsp3) is 0.833. The van der Waals surface area contributed by atoms with E-state index in [2.05, 4.69) is 5.32 Å². The molecule has 0 atom stereocenters. The van der Waals surface area contributed by atoms with Crippen LogP contribution in [0.3, 0.4) is 0 Å². The van der Waals surface area contributed by atoms with Gasteiger partial charge in [0.2, 0.25) is 0 Å². The Bertz CT molecular complexity index is 307. The van der Waals surface area contributed by atoms with Crippen LogP contribution in [0.2, 0.25) is 0 Å². The molecule has 2 amide bonds. The number of hydrogen-bond donors (Lipinski definition) is 2. The summed E-state index contributed by atoms with van der Waals surface area (Å²) in [6.45, 7) is 0. The number of carbonyl (C=O) groups is 2. The van der Waals surface area contributed by atoms with E-state index < -0.39 is 5.97 Å². The minimum atomic E-state index is -0.700. The maximum absolute atomic E-state index is 11.8. The summed E-state index contributed by atoms with van der Waals surface area (Å²) in [5.74, 6) is -0.917. The summed E-state index contributed by atoms with van der Waals surface area (Å²) in [7, 11) is 1.81. The molecule has 0 saturated heterocycles. The van der Waals surface area contributed by atoms with Crippen LogP contribution in [0.1, 0.15) is 38.5 Å². The molecule has 0 heterocycles. The molecule has 2 aliphatic rings. The average molecular weight is 240 g/mol. The highest BCUT2D eigenvalue weighted by Gasteiger charge is 2.31. The van der Waals surface area contributed by atoms with Crippen molar-refractivity contribution >= 4 is 12.0 Å². The van der Waals surface area contributed by atoms with Crippen LogP contribution in [0.25, 0.3) is 0 Å². The van der Waals surface area contributed by atoms with Crippen LogP contribution >= 0.6 is 0 Å². The molecular weight excluding hydrogens is 220 g/mol. The molecule has 96 valence electrons. The Morgan fingerprint density at radius 3 is 2.18 bits per heavy atom. The summed E-state index contributed by atoms with van der Waals surface area (Å²) in [5, 5.41) is 11.9. The summed E-state index contributed by atoms with van der Waals surface area (Å²) in [6, 6.07) is 0.566. The summed E-state index contributed by atoms with van der Waals surface area (Å²) in [4.78, 5) is 24.4. The molecule has 2 rings (SSSR count). The minimum absolute atomic E-state index is 0.00808. The smallest absolute Gasteiger partial charge is 0.317 e. The summed E-state index contributed by atoms with van der Waals surface area (Å²) < 4.78 is 0. The van der Waals surface area contributed by atoms with Gasteiger partial charge in [0.15, 0.2) is 0 Å². The van der Waals surface area contributed by atoms with Crippen molar-refractivity contribution in [2.75, 3.05) is 7.05 Å². The first-order valence-electron chi connectivity index (χ1n) is 6.34. The van der Waals surface area contributed by atoms with Gasteiger partial charge in [0.1, 0.15) is 0 Å². The average Bonchev–Trinajstić information content (AvgIpc) is 3.12. The number of amides is 2. The van der Waals surface area contributed by atoms with E-state index in [4.69, 9.17) is 5.11 Å². The molecule has 0 radical (unpaired) electrons. The molecular formula is C12H20N2O3. The van der Waals surface area contributed by atoms with Crippen molar-refractivity contribution in [1.82, 2.24) is 10.2 Å². The van der Waals surface area contributed by atoms with Crippen LogP contribution in [0, 0.1) is 5.92 Å². The molecule has 5 heteroatoms. The van der Waals surface area contributed by atoms with Gasteiger partial charge in [-0.15, -0.1) is 0 Å². The highest BCUT2D eigenvalue weighted by molar-refractivity contribution is 5.75. The first kappa shape index (κ1) is 12.2.